The zero-order valence-electron chi connectivity index (χ0n) is 11.8. The van der Waals surface area contributed by atoms with Crippen LogP contribution in [0.5, 0.6) is 0 Å². The number of hydrogen-bond donors (Lipinski definition) is 3. The van der Waals surface area contributed by atoms with Crippen LogP contribution in [0.2, 0.25) is 0 Å². The van der Waals surface area contributed by atoms with E-state index in [9.17, 15) is 0 Å². The monoisotopic (exact) mass is 251 g/mol. The van der Waals surface area contributed by atoms with Gasteiger partial charge in [0.2, 0.25) is 0 Å². The summed E-state index contributed by atoms with van der Waals surface area (Å²) in [5, 5.41) is 3.31. The summed E-state index contributed by atoms with van der Waals surface area (Å²) in [6, 6.07) is 6.80. The Morgan fingerprint density at radius 1 is 1.17 bits per heavy atom. The molecule has 0 amide bonds. The summed E-state index contributed by atoms with van der Waals surface area (Å²) in [7, 11) is 0. The Labute approximate surface area is 110 Å². The zero-order chi connectivity index (χ0) is 13.5. The van der Waals surface area contributed by atoms with Crippen molar-refractivity contribution in [2.75, 3.05) is 23.8 Å². The van der Waals surface area contributed by atoms with Crippen molar-refractivity contribution in [1.29, 1.82) is 0 Å². The molecule has 1 aromatic heterocycles. The quantitative estimate of drug-likeness (QED) is 0.510. The average Bonchev–Trinajstić information content (AvgIpc) is 2.34. The van der Waals surface area contributed by atoms with Gasteiger partial charge < -0.3 is 10.7 Å². The molecule has 0 fully saturated rings. The van der Waals surface area contributed by atoms with Crippen molar-refractivity contribution >= 4 is 11.6 Å². The first-order chi connectivity index (χ1) is 8.54. The summed E-state index contributed by atoms with van der Waals surface area (Å²) in [5.74, 6) is 6.84. The number of pyridine rings is 1. The van der Waals surface area contributed by atoms with Gasteiger partial charge in [0.25, 0.3) is 0 Å². The predicted molar refractivity (Wildman–Crippen MR) is 77.5 cm³/mol. The topological polar surface area (TPSA) is 66.2 Å². The molecule has 0 spiro atoms. The van der Waals surface area contributed by atoms with Crippen molar-refractivity contribution in [1.82, 2.24) is 9.88 Å². The fraction of sp³-hybridized carbons (Fsp3) is 0.615. The number of nitrogens with two attached hydrogens (primary N) is 1. The van der Waals surface area contributed by atoms with Gasteiger partial charge in [-0.15, -0.1) is 0 Å². The maximum Gasteiger partial charge on any atom is 0.142 e. The minimum atomic E-state index is 0.553. The van der Waals surface area contributed by atoms with E-state index in [1.54, 1.807) is 0 Å². The van der Waals surface area contributed by atoms with Crippen LogP contribution in [0.3, 0.4) is 0 Å². The first kappa shape index (κ1) is 14.7. The Kier molecular flexibility index (Phi) is 5.88. The number of nitrogen functional groups attached to an aromatic ring is 1. The van der Waals surface area contributed by atoms with Gasteiger partial charge in [-0.1, -0.05) is 6.07 Å². The van der Waals surface area contributed by atoms with E-state index < -0.39 is 0 Å². The van der Waals surface area contributed by atoms with Crippen LogP contribution in [-0.4, -0.2) is 35.1 Å². The van der Waals surface area contributed by atoms with Crippen molar-refractivity contribution in [3.8, 4) is 0 Å². The maximum absolute atomic E-state index is 5.33. The van der Waals surface area contributed by atoms with E-state index >= 15 is 0 Å². The van der Waals surface area contributed by atoms with Gasteiger partial charge in [-0.25, -0.2) is 10.8 Å². The molecule has 0 unspecified atom stereocenters. The predicted octanol–water partition coefficient (Wildman–Crippen LogP) is 1.90. The lowest BCUT2D eigenvalue weighted by Gasteiger charge is -2.30. The van der Waals surface area contributed by atoms with Crippen molar-refractivity contribution in [3.63, 3.8) is 0 Å². The third kappa shape index (κ3) is 4.50. The summed E-state index contributed by atoms with van der Waals surface area (Å²) in [5.41, 5.74) is 2.54. The second-order valence-corrected chi connectivity index (χ2v) is 4.90. The molecule has 18 heavy (non-hydrogen) atoms. The molecule has 0 aliphatic carbocycles. The molecule has 1 aromatic rings. The highest BCUT2D eigenvalue weighted by Crippen LogP contribution is 2.08. The molecular weight excluding hydrogens is 226 g/mol. The van der Waals surface area contributed by atoms with E-state index in [-0.39, 0.29) is 0 Å². The first-order valence-electron chi connectivity index (χ1n) is 6.48. The lowest BCUT2D eigenvalue weighted by molar-refractivity contribution is 0.182. The van der Waals surface area contributed by atoms with Crippen LogP contribution in [0, 0.1) is 0 Å². The van der Waals surface area contributed by atoms with Gasteiger partial charge in [-0.3, -0.25) is 4.90 Å². The fourth-order valence-electron chi connectivity index (χ4n) is 2.04. The van der Waals surface area contributed by atoms with Gasteiger partial charge in [-0.05, 0) is 39.8 Å². The van der Waals surface area contributed by atoms with Crippen molar-refractivity contribution in [2.24, 2.45) is 5.84 Å². The molecule has 0 atom stereocenters. The highest BCUT2D eigenvalue weighted by atomic mass is 15.3. The van der Waals surface area contributed by atoms with Gasteiger partial charge in [0.1, 0.15) is 11.6 Å². The number of hydrazine groups is 1. The molecule has 0 aromatic carbocycles. The Morgan fingerprint density at radius 3 is 2.33 bits per heavy atom. The van der Waals surface area contributed by atoms with Crippen LogP contribution < -0.4 is 16.6 Å². The number of nitrogens with one attached hydrogen (secondary N) is 2. The maximum atomic E-state index is 5.33. The summed E-state index contributed by atoms with van der Waals surface area (Å²) in [6.45, 7) is 10.7. The molecule has 4 N–H and O–H groups in total. The minimum Gasteiger partial charge on any atom is -0.369 e. The van der Waals surface area contributed by atoms with E-state index in [4.69, 9.17) is 5.84 Å². The molecule has 0 radical (unpaired) electrons. The lowest BCUT2D eigenvalue weighted by Crippen LogP contribution is -2.40. The third-order valence-corrected chi connectivity index (χ3v) is 2.90. The summed E-state index contributed by atoms with van der Waals surface area (Å²) in [6.07, 6.45) is 0. The third-order valence-electron chi connectivity index (χ3n) is 2.90. The molecular formula is C13H25N5. The molecule has 5 heteroatoms. The normalized spacial score (nSPS) is 11.3. The zero-order valence-corrected chi connectivity index (χ0v) is 11.8. The van der Waals surface area contributed by atoms with E-state index in [1.807, 2.05) is 18.2 Å². The molecule has 0 aliphatic rings. The van der Waals surface area contributed by atoms with Crippen LogP contribution in [0.1, 0.15) is 27.7 Å². The average molecular weight is 251 g/mol. The number of rotatable bonds is 7. The summed E-state index contributed by atoms with van der Waals surface area (Å²) < 4.78 is 0. The highest BCUT2D eigenvalue weighted by Gasteiger charge is 2.12. The number of hydrogen-bond acceptors (Lipinski definition) is 5. The molecule has 0 saturated carbocycles. The van der Waals surface area contributed by atoms with Crippen LogP contribution in [0.4, 0.5) is 11.6 Å². The number of aromatic nitrogens is 1. The number of anilines is 2. The largest absolute Gasteiger partial charge is 0.369 e. The van der Waals surface area contributed by atoms with E-state index in [0.29, 0.717) is 17.9 Å². The Morgan fingerprint density at radius 2 is 1.78 bits per heavy atom. The van der Waals surface area contributed by atoms with E-state index in [2.05, 4.69) is 48.3 Å². The number of nitrogens with zero attached hydrogens (tertiary/aromatic N) is 2. The van der Waals surface area contributed by atoms with Crippen LogP contribution in [0.15, 0.2) is 18.2 Å². The molecule has 1 heterocycles. The van der Waals surface area contributed by atoms with E-state index in [0.717, 1.165) is 18.9 Å². The van der Waals surface area contributed by atoms with Gasteiger partial charge in [0, 0.05) is 25.2 Å². The van der Waals surface area contributed by atoms with Crippen molar-refractivity contribution in [3.05, 3.63) is 18.2 Å². The van der Waals surface area contributed by atoms with Gasteiger partial charge >= 0.3 is 0 Å². The molecule has 0 bridgehead atoms. The Hall–Kier alpha value is -1.33. The van der Waals surface area contributed by atoms with E-state index in [1.165, 1.54) is 0 Å². The minimum absolute atomic E-state index is 0.553. The highest BCUT2D eigenvalue weighted by molar-refractivity contribution is 5.44. The second kappa shape index (κ2) is 7.18. The van der Waals surface area contributed by atoms with Crippen LogP contribution in [0.25, 0.3) is 0 Å². The van der Waals surface area contributed by atoms with Crippen LogP contribution in [-0.2, 0) is 0 Å². The molecule has 5 nitrogen and oxygen atoms in total. The van der Waals surface area contributed by atoms with Crippen molar-refractivity contribution < 1.29 is 0 Å². The fourth-order valence-corrected chi connectivity index (χ4v) is 2.04. The summed E-state index contributed by atoms with van der Waals surface area (Å²) in [4.78, 5) is 6.75. The second-order valence-electron chi connectivity index (χ2n) is 4.90. The lowest BCUT2D eigenvalue weighted by atomic mass is 10.2. The van der Waals surface area contributed by atoms with Crippen molar-refractivity contribution in [2.45, 2.75) is 39.8 Å². The smallest absolute Gasteiger partial charge is 0.142 e. The van der Waals surface area contributed by atoms with Crippen LogP contribution >= 0.6 is 0 Å². The Bertz CT molecular complexity index is 343. The Balaban J connectivity index is 2.44. The van der Waals surface area contributed by atoms with Gasteiger partial charge in [0.15, 0.2) is 0 Å². The first-order valence-corrected chi connectivity index (χ1v) is 6.48. The SMILES string of the molecule is CC(C)N(CCNc1cccc(NN)n1)C(C)C. The molecule has 102 valence electrons. The standard InChI is InChI=1S/C13H25N5/c1-10(2)18(11(3)4)9-8-15-12-6-5-7-13(16-12)17-14/h5-7,10-11H,8-9,14H2,1-4H3,(H2,15,16,17). The van der Waals surface area contributed by atoms with Gasteiger partial charge in [0.05, 0.1) is 0 Å². The molecule has 0 saturated heterocycles. The van der Waals surface area contributed by atoms with Gasteiger partial charge in [-0.2, -0.15) is 0 Å². The summed E-state index contributed by atoms with van der Waals surface area (Å²) >= 11 is 0. The molecule has 0 aliphatic heterocycles. The molecule has 1 rings (SSSR count).